The molecule has 1 aromatic heterocycles. The van der Waals surface area contributed by atoms with E-state index in [9.17, 15) is 18.8 Å². The van der Waals surface area contributed by atoms with Gasteiger partial charge in [0, 0.05) is 6.54 Å². The van der Waals surface area contributed by atoms with E-state index in [-0.39, 0.29) is 28.3 Å². The van der Waals surface area contributed by atoms with E-state index in [0.29, 0.717) is 6.54 Å². The molecule has 1 amide bonds. The lowest BCUT2D eigenvalue weighted by atomic mass is 9.53. The fourth-order valence-corrected chi connectivity index (χ4v) is 4.62. The summed E-state index contributed by atoms with van der Waals surface area (Å²) >= 11 is 0. The van der Waals surface area contributed by atoms with Crippen LogP contribution in [0, 0.1) is 23.6 Å². The Kier molecular flexibility index (Phi) is 8.57. The third kappa shape index (κ3) is 5.34. The van der Waals surface area contributed by atoms with Gasteiger partial charge in [-0.1, -0.05) is 20.4 Å². The zero-order valence-corrected chi connectivity index (χ0v) is 20.1. The molecule has 8 nitrogen and oxygen atoms in total. The van der Waals surface area contributed by atoms with Gasteiger partial charge in [0.25, 0.3) is 5.91 Å². The van der Waals surface area contributed by atoms with Gasteiger partial charge < -0.3 is 14.8 Å². The molecule has 3 aliphatic rings. The number of hydrogen-bond acceptors (Lipinski definition) is 6. The summed E-state index contributed by atoms with van der Waals surface area (Å²) in [6.07, 6.45) is 6.89. The van der Waals surface area contributed by atoms with Crippen LogP contribution < -0.4 is 5.32 Å². The van der Waals surface area contributed by atoms with Gasteiger partial charge in [-0.25, -0.2) is 13.9 Å². The van der Waals surface area contributed by atoms with E-state index < -0.39 is 23.1 Å². The Morgan fingerprint density at radius 2 is 1.73 bits per heavy atom. The summed E-state index contributed by atoms with van der Waals surface area (Å²) in [5.41, 5.74) is -0.438. The number of halogens is 1. The van der Waals surface area contributed by atoms with Crippen molar-refractivity contribution < 1.29 is 28.2 Å². The number of fused-ring (bicyclic) bond motifs is 3. The first-order chi connectivity index (χ1) is 15.7. The largest absolute Gasteiger partial charge is 0.469 e. The van der Waals surface area contributed by atoms with Crippen LogP contribution in [0.3, 0.4) is 0 Å². The second kappa shape index (κ2) is 10.8. The number of carbonyl (C=O) groups excluding carboxylic acids is 3. The van der Waals surface area contributed by atoms with Gasteiger partial charge in [0.1, 0.15) is 5.70 Å². The Morgan fingerprint density at radius 1 is 1.15 bits per heavy atom. The average molecular weight is 464 g/mol. The third-order valence-electron chi connectivity index (χ3n) is 6.81. The van der Waals surface area contributed by atoms with Crippen molar-refractivity contribution in [3.63, 3.8) is 0 Å². The number of esters is 2. The molecule has 2 bridgehead atoms. The van der Waals surface area contributed by atoms with Crippen molar-refractivity contribution in [3.8, 4) is 0 Å². The molecule has 3 fully saturated rings. The summed E-state index contributed by atoms with van der Waals surface area (Å²) in [4.78, 5) is 37.0. The molecule has 0 spiro atoms. The van der Waals surface area contributed by atoms with Crippen LogP contribution in [0.5, 0.6) is 0 Å². The summed E-state index contributed by atoms with van der Waals surface area (Å²) in [7, 11) is 2.63. The maximum atomic E-state index is 13.9. The van der Waals surface area contributed by atoms with Crippen molar-refractivity contribution in [3.05, 3.63) is 35.9 Å². The summed E-state index contributed by atoms with van der Waals surface area (Å²) in [6, 6.07) is 0. The number of methoxy groups -OCH3 is 2. The minimum atomic E-state index is -0.701. The van der Waals surface area contributed by atoms with Gasteiger partial charge in [0.15, 0.2) is 5.82 Å². The second-order valence-electron chi connectivity index (χ2n) is 8.49. The van der Waals surface area contributed by atoms with E-state index >= 15 is 0 Å². The lowest BCUT2D eigenvalue weighted by Crippen LogP contribution is -2.50. The van der Waals surface area contributed by atoms with E-state index in [1.165, 1.54) is 27.2 Å². The number of nitrogens with one attached hydrogen (secondary N) is 1. The topological polar surface area (TPSA) is 99.5 Å². The fraction of sp³-hybridized carbons (Fsp3) is 0.583. The third-order valence-corrected chi connectivity index (χ3v) is 6.81. The molecular weight excluding hydrogens is 429 g/mol. The molecule has 1 N–H and O–H groups in total. The maximum Gasteiger partial charge on any atom is 0.337 e. The molecular formula is C24H34FN3O5. The minimum Gasteiger partial charge on any atom is -0.469 e. The number of nitrogens with zero attached hydrogens (tertiary/aromatic N) is 2. The van der Waals surface area contributed by atoms with E-state index in [2.05, 4.69) is 21.7 Å². The van der Waals surface area contributed by atoms with Crippen molar-refractivity contribution in [2.45, 2.75) is 59.3 Å². The lowest BCUT2D eigenvalue weighted by Gasteiger charge is -2.51. The normalized spacial score (nSPS) is 23.8. The molecule has 0 aliphatic heterocycles. The van der Waals surface area contributed by atoms with Crippen LogP contribution in [0.2, 0.25) is 0 Å². The molecule has 0 unspecified atom stereocenters. The first kappa shape index (κ1) is 26.3. The Hall–Kier alpha value is -2.97. The molecule has 0 aromatic carbocycles. The molecule has 4 rings (SSSR count). The summed E-state index contributed by atoms with van der Waals surface area (Å²) in [5, 5.41) is 6.84. The van der Waals surface area contributed by atoms with Crippen LogP contribution in [0.4, 0.5) is 4.39 Å². The van der Waals surface area contributed by atoms with Gasteiger partial charge in [0.2, 0.25) is 0 Å². The fourth-order valence-electron chi connectivity index (χ4n) is 4.62. The van der Waals surface area contributed by atoms with Crippen molar-refractivity contribution in [2.24, 2.45) is 10.8 Å². The molecule has 182 valence electrons. The van der Waals surface area contributed by atoms with Crippen LogP contribution in [-0.2, 0) is 23.9 Å². The highest BCUT2D eigenvalue weighted by Gasteiger charge is 2.53. The Bertz CT molecular complexity index is 925. The summed E-state index contributed by atoms with van der Waals surface area (Å²) in [5.74, 6) is -1.92. The van der Waals surface area contributed by atoms with E-state index in [1.807, 2.05) is 13.8 Å². The number of amides is 1. The number of rotatable bonds is 7. The molecule has 0 radical (unpaired) electrons. The summed E-state index contributed by atoms with van der Waals surface area (Å²) < 4.78 is 24.6. The Balaban J connectivity index is 0.00000187. The molecule has 1 aromatic rings. The molecule has 0 atom stereocenters. The number of ether oxygens (including phenoxy) is 2. The van der Waals surface area contributed by atoms with Crippen molar-refractivity contribution in [1.82, 2.24) is 15.1 Å². The van der Waals surface area contributed by atoms with Crippen LogP contribution in [-0.4, -0.2) is 48.4 Å². The molecule has 3 aliphatic carbocycles. The smallest absolute Gasteiger partial charge is 0.337 e. The van der Waals surface area contributed by atoms with E-state index in [0.717, 1.165) is 49.4 Å². The van der Waals surface area contributed by atoms with Gasteiger partial charge in [0.05, 0.1) is 37.1 Å². The molecule has 3 saturated carbocycles. The van der Waals surface area contributed by atoms with Crippen molar-refractivity contribution in [2.75, 3.05) is 20.8 Å². The summed E-state index contributed by atoms with van der Waals surface area (Å²) in [6.45, 7) is 9.51. The zero-order chi connectivity index (χ0) is 24.8. The molecule has 9 heteroatoms. The SMILES string of the molecule is C=C(/C=C(/C(=O)NCC12CCC(C(=O)OC)(CC1)CC2)n1ncc(F)c1C)C(=O)OC.CC. The first-order valence-corrected chi connectivity index (χ1v) is 11.2. The molecule has 0 saturated heterocycles. The van der Waals surface area contributed by atoms with Gasteiger partial charge in [-0.3, -0.25) is 9.59 Å². The van der Waals surface area contributed by atoms with Gasteiger partial charge in [-0.2, -0.15) is 5.10 Å². The van der Waals surface area contributed by atoms with Crippen LogP contribution in [0.1, 0.15) is 58.1 Å². The van der Waals surface area contributed by atoms with Crippen molar-refractivity contribution >= 4 is 23.5 Å². The van der Waals surface area contributed by atoms with E-state index in [1.54, 1.807) is 0 Å². The van der Waals surface area contributed by atoms with Gasteiger partial charge >= 0.3 is 11.9 Å². The van der Waals surface area contributed by atoms with Crippen LogP contribution in [0.15, 0.2) is 24.4 Å². The average Bonchev–Trinajstić information content (AvgIpc) is 3.19. The Morgan fingerprint density at radius 3 is 2.18 bits per heavy atom. The standard InChI is InChI=1S/C22H28FN3O5.C2H6/c1-14(19(28)30-3)11-17(26-15(2)16(23)12-25-26)18(27)24-13-21-5-8-22(9-6-21,10-7-21)20(29)31-4;1-2/h11-12H,1,5-10,13H2,2-4H3,(H,24,27);1-2H3/b17-11-;. The second-order valence-corrected chi connectivity index (χ2v) is 8.49. The van der Waals surface area contributed by atoms with E-state index in [4.69, 9.17) is 4.74 Å². The lowest BCUT2D eigenvalue weighted by molar-refractivity contribution is -0.162. The molecule has 33 heavy (non-hydrogen) atoms. The number of aromatic nitrogens is 2. The first-order valence-electron chi connectivity index (χ1n) is 11.2. The predicted octanol–water partition coefficient (Wildman–Crippen LogP) is 3.56. The van der Waals surface area contributed by atoms with Gasteiger partial charge in [-0.05, 0) is 56.9 Å². The monoisotopic (exact) mass is 463 g/mol. The van der Waals surface area contributed by atoms with Crippen LogP contribution >= 0.6 is 0 Å². The highest BCUT2D eigenvalue weighted by atomic mass is 19.1. The van der Waals surface area contributed by atoms with Crippen LogP contribution in [0.25, 0.3) is 5.70 Å². The number of carbonyl (C=O) groups is 3. The number of hydrogen-bond donors (Lipinski definition) is 1. The highest BCUT2D eigenvalue weighted by molar-refractivity contribution is 6.15. The van der Waals surface area contributed by atoms with Gasteiger partial charge in [-0.15, -0.1) is 0 Å². The highest BCUT2D eigenvalue weighted by Crippen LogP contribution is 2.57. The zero-order valence-electron chi connectivity index (χ0n) is 20.1. The predicted molar refractivity (Wildman–Crippen MR) is 121 cm³/mol. The quantitative estimate of drug-likeness (QED) is 0.377. The minimum absolute atomic E-state index is 0.0243. The van der Waals surface area contributed by atoms with Crippen molar-refractivity contribution in [1.29, 1.82) is 0 Å². The Labute approximate surface area is 194 Å². The molecule has 1 heterocycles. The maximum absolute atomic E-state index is 13.9.